The summed E-state index contributed by atoms with van der Waals surface area (Å²) in [6.45, 7) is 5.61. The maximum Gasteiger partial charge on any atom is 0.332 e. The van der Waals surface area contributed by atoms with Crippen molar-refractivity contribution in [3.8, 4) is 0 Å². The summed E-state index contributed by atoms with van der Waals surface area (Å²) in [6.07, 6.45) is 0.181. The highest BCUT2D eigenvalue weighted by molar-refractivity contribution is 6.32. The van der Waals surface area contributed by atoms with Crippen molar-refractivity contribution < 1.29 is 24.5 Å². The zero-order valence-electron chi connectivity index (χ0n) is 16.3. The molecular formula is C21H26ClNO5. The molecule has 0 bridgehead atoms. The highest BCUT2D eigenvalue weighted by Gasteiger charge is 2.54. The molecule has 0 saturated heterocycles. The summed E-state index contributed by atoms with van der Waals surface area (Å²) in [5, 5.41) is 20.7. The minimum Gasteiger partial charge on any atom is -0.481 e. The second kappa shape index (κ2) is 8.90. The van der Waals surface area contributed by atoms with Crippen LogP contribution >= 0.6 is 11.6 Å². The largest absolute Gasteiger partial charge is 0.481 e. The summed E-state index contributed by atoms with van der Waals surface area (Å²) in [7, 11) is 0. The Kier molecular flexibility index (Phi) is 7.04. The van der Waals surface area contributed by atoms with E-state index in [1.807, 2.05) is 0 Å². The fraction of sp³-hybridized carbons (Fsp3) is 0.429. The van der Waals surface area contributed by atoms with Gasteiger partial charge >= 0.3 is 11.9 Å². The van der Waals surface area contributed by atoms with Crippen molar-refractivity contribution in [1.29, 1.82) is 0 Å². The maximum atomic E-state index is 12.7. The van der Waals surface area contributed by atoms with Crippen molar-refractivity contribution in [3.63, 3.8) is 0 Å². The van der Waals surface area contributed by atoms with Gasteiger partial charge in [0.1, 0.15) is 5.41 Å². The molecule has 0 aromatic heterocycles. The number of hydrogen-bond acceptors (Lipinski definition) is 4. The highest BCUT2D eigenvalue weighted by Crippen LogP contribution is 2.55. The topological polar surface area (TPSA) is 110 Å². The number of nitrogens with two attached hydrogens (primary N) is 1. The Morgan fingerprint density at radius 2 is 1.86 bits per heavy atom. The van der Waals surface area contributed by atoms with Gasteiger partial charge in [-0.3, -0.25) is 4.79 Å². The number of halogens is 1. The number of aliphatic carboxylic acids is 2. The van der Waals surface area contributed by atoms with Crippen molar-refractivity contribution in [1.82, 2.24) is 0 Å². The normalized spacial score (nSPS) is 22.5. The molecule has 7 heteroatoms. The molecule has 28 heavy (non-hydrogen) atoms. The number of rotatable bonds is 8. The Morgan fingerprint density at radius 3 is 2.36 bits per heavy atom. The van der Waals surface area contributed by atoms with E-state index in [-0.39, 0.29) is 31.8 Å². The molecule has 0 saturated carbocycles. The molecule has 1 aliphatic carbocycles. The molecular weight excluding hydrogens is 382 g/mol. The van der Waals surface area contributed by atoms with Gasteiger partial charge in [-0.15, -0.1) is 0 Å². The summed E-state index contributed by atoms with van der Waals surface area (Å²) >= 11 is 6.43. The van der Waals surface area contributed by atoms with E-state index in [4.69, 9.17) is 22.1 Å². The Labute approximate surface area is 169 Å². The molecule has 1 aromatic rings. The Morgan fingerprint density at radius 1 is 1.21 bits per heavy atom. The van der Waals surface area contributed by atoms with Crippen LogP contribution in [0.25, 0.3) is 5.57 Å². The van der Waals surface area contributed by atoms with Gasteiger partial charge in [-0.05, 0) is 48.6 Å². The van der Waals surface area contributed by atoms with Crippen molar-refractivity contribution in [2.24, 2.45) is 17.1 Å². The van der Waals surface area contributed by atoms with Crippen molar-refractivity contribution in [2.75, 3.05) is 19.8 Å². The minimum absolute atomic E-state index is 0.0580. The Bertz CT molecular complexity index is 845. The van der Waals surface area contributed by atoms with Crippen LogP contribution in [0, 0.1) is 11.3 Å². The summed E-state index contributed by atoms with van der Waals surface area (Å²) in [4.78, 5) is 24.8. The van der Waals surface area contributed by atoms with Crippen LogP contribution < -0.4 is 5.73 Å². The summed E-state index contributed by atoms with van der Waals surface area (Å²) in [5.41, 5.74) is 6.35. The minimum atomic E-state index is -1.49. The van der Waals surface area contributed by atoms with E-state index in [9.17, 15) is 19.8 Å². The average Bonchev–Trinajstić information content (AvgIpc) is 2.64. The van der Waals surface area contributed by atoms with E-state index in [0.717, 1.165) is 0 Å². The third-order valence-electron chi connectivity index (χ3n) is 5.59. The Hall–Kier alpha value is -2.15. The molecule has 0 spiro atoms. The van der Waals surface area contributed by atoms with Crippen LogP contribution in [0.5, 0.6) is 0 Å². The summed E-state index contributed by atoms with van der Waals surface area (Å²) < 4.78 is 5.57. The Balaban J connectivity index is 2.87. The first-order valence-electron chi connectivity index (χ1n) is 9.15. The quantitative estimate of drug-likeness (QED) is 0.568. The first kappa shape index (κ1) is 22.1. The second-order valence-corrected chi connectivity index (χ2v) is 7.28. The molecule has 4 N–H and O–H groups in total. The lowest BCUT2D eigenvalue weighted by molar-refractivity contribution is -0.149. The lowest BCUT2D eigenvalue weighted by Crippen LogP contribution is -2.46. The van der Waals surface area contributed by atoms with Crippen LogP contribution in [0.1, 0.15) is 32.8 Å². The molecule has 0 radical (unpaired) electrons. The molecule has 1 aliphatic rings. The van der Waals surface area contributed by atoms with Gasteiger partial charge in [0.05, 0.1) is 13.2 Å². The molecule has 2 unspecified atom stereocenters. The molecule has 0 fully saturated rings. The SMILES string of the molecule is CCC1(C(=O)O)C(c2ccccc2Cl)=C(C)C(C)=C(C(=O)O)C1COCCN. The monoisotopic (exact) mass is 407 g/mol. The number of ether oxygens (including phenoxy) is 1. The number of allylic oxidation sites excluding steroid dienone is 2. The van der Waals surface area contributed by atoms with Gasteiger partial charge in [-0.25, -0.2) is 4.79 Å². The number of carboxylic acid groups (broad SMARTS) is 2. The third kappa shape index (κ3) is 3.60. The fourth-order valence-electron chi connectivity index (χ4n) is 4.16. The van der Waals surface area contributed by atoms with Gasteiger partial charge in [0.2, 0.25) is 0 Å². The zero-order valence-corrected chi connectivity index (χ0v) is 17.0. The predicted octanol–water partition coefficient (Wildman–Crippen LogP) is 3.60. The molecule has 152 valence electrons. The van der Waals surface area contributed by atoms with E-state index in [1.165, 1.54) is 0 Å². The zero-order chi connectivity index (χ0) is 21.1. The van der Waals surface area contributed by atoms with Crippen LogP contribution in [0.3, 0.4) is 0 Å². The van der Waals surface area contributed by atoms with Crippen LogP contribution in [0.4, 0.5) is 0 Å². The summed E-state index contributed by atoms with van der Waals surface area (Å²) in [5.74, 6) is -3.12. The van der Waals surface area contributed by atoms with Gasteiger partial charge in [0, 0.05) is 23.1 Å². The van der Waals surface area contributed by atoms with Crippen molar-refractivity contribution >= 4 is 29.1 Å². The molecule has 2 atom stereocenters. The molecule has 0 amide bonds. The van der Waals surface area contributed by atoms with Crippen LogP contribution in [-0.2, 0) is 14.3 Å². The number of benzene rings is 1. The van der Waals surface area contributed by atoms with Crippen LogP contribution in [0.2, 0.25) is 5.02 Å². The van der Waals surface area contributed by atoms with Gasteiger partial charge in [-0.1, -0.05) is 36.7 Å². The average molecular weight is 408 g/mol. The van der Waals surface area contributed by atoms with E-state index in [2.05, 4.69) is 0 Å². The molecule has 0 aliphatic heterocycles. The molecule has 2 rings (SSSR count). The van der Waals surface area contributed by atoms with Crippen molar-refractivity contribution in [3.05, 3.63) is 51.6 Å². The number of hydrogen-bond donors (Lipinski definition) is 3. The van der Waals surface area contributed by atoms with E-state index in [0.29, 0.717) is 27.3 Å². The van der Waals surface area contributed by atoms with Crippen LogP contribution in [0.15, 0.2) is 41.0 Å². The van der Waals surface area contributed by atoms with Crippen molar-refractivity contribution in [2.45, 2.75) is 27.2 Å². The molecule has 6 nitrogen and oxygen atoms in total. The number of carboxylic acids is 2. The van der Waals surface area contributed by atoms with Gasteiger partial charge in [-0.2, -0.15) is 0 Å². The smallest absolute Gasteiger partial charge is 0.332 e. The van der Waals surface area contributed by atoms with Gasteiger partial charge < -0.3 is 20.7 Å². The standard InChI is InChI=1S/C21H26ClNO5/c1-4-21(20(26)27)15(11-28-10-9-23)17(19(24)25)12(2)13(3)18(21)14-7-5-6-8-16(14)22/h5-8,15H,4,9-11,23H2,1-3H3,(H,24,25)(H,26,27). The van der Waals surface area contributed by atoms with Crippen LogP contribution in [-0.4, -0.2) is 41.9 Å². The molecule has 0 heterocycles. The first-order chi connectivity index (χ1) is 13.2. The number of carbonyl (C=O) groups is 2. The van der Waals surface area contributed by atoms with Gasteiger partial charge in [0.25, 0.3) is 0 Å². The lowest BCUT2D eigenvalue weighted by atomic mass is 9.58. The first-order valence-corrected chi connectivity index (χ1v) is 9.53. The molecule has 1 aromatic carbocycles. The third-order valence-corrected chi connectivity index (χ3v) is 5.92. The van der Waals surface area contributed by atoms with Gasteiger partial charge in [0.15, 0.2) is 0 Å². The highest BCUT2D eigenvalue weighted by atomic mass is 35.5. The lowest BCUT2D eigenvalue weighted by Gasteiger charge is -2.44. The van der Waals surface area contributed by atoms with E-state index in [1.54, 1.807) is 45.0 Å². The van der Waals surface area contributed by atoms with E-state index < -0.39 is 23.3 Å². The van der Waals surface area contributed by atoms with E-state index >= 15 is 0 Å². The predicted molar refractivity (Wildman–Crippen MR) is 108 cm³/mol. The maximum absolute atomic E-state index is 12.7. The second-order valence-electron chi connectivity index (χ2n) is 6.87. The summed E-state index contributed by atoms with van der Waals surface area (Å²) in [6, 6.07) is 7.03. The fourth-order valence-corrected chi connectivity index (χ4v) is 4.39.